The maximum absolute atomic E-state index is 12.3. The highest BCUT2D eigenvalue weighted by molar-refractivity contribution is 6.35. The largest absolute Gasteiger partial charge is 0.383 e. The van der Waals surface area contributed by atoms with Crippen molar-refractivity contribution >= 4 is 40.1 Å². The van der Waals surface area contributed by atoms with Crippen molar-refractivity contribution in [2.75, 3.05) is 11.1 Å². The second kappa shape index (κ2) is 4.64. The number of nitrogens with two attached hydrogens (primary N) is 1. The molecule has 0 unspecified atom stereocenters. The number of para-hydroxylation sites is 1. The first kappa shape index (κ1) is 13.2. The molecule has 1 fully saturated rings. The predicted octanol–water partition coefficient (Wildman–Crippen LogP) is 2.24. The SMILES string of the molecule is Nc1ncnc2c1c(/C=C1\C(=O)Nc3ccccc31)nn2C1CC1. The summed E-state index contributed by atoms with van der Waals surface area (Å²) in [5.74, 6) is 0.242. The van der Waals surface area contributed by atoms with E-state index in [1.165, 1.54) is 6.33 Å². The summed E-state index contributed by atoms with van der Waals surface area (Å²) in [5, 5.41) is 8.23. The molecule has 1 saturated carbocycles. The molecule has 3 aromatic rings. The van der Waals surface area contributed by atoms with Gasteiger partial charge in [-0.2, -0.15) is 5.10 Å². The lowest BCUT2D eigenvalue weighted by Gasteiger charge is -1.98. The summed E-state index contributed by atoms with van der Waals surface area (Å²) >= 11 is 0. The molecule has 7 nitrogen and oxygen atoms in total. The van der Waals surface area contributed by atoms with Gasteiger partial charge in [0.05, 0.1) is 22.7 Å². The van der Waals surface area contributed by atoms with Gasteiger partial charge in [-0.15, -0.1) is 0 Å². The van der Waals surface area contributed by atoms with Gasteiger partial charge < -0.3 is 11.1 Å². The Kier molecular flexibility index (Phi) is 2.56. The number of nitrogen functional groups attached to an aromatic ring is 1. The molecule has 0 bridgehead atoms. The molecule has 2 aromatic heterocycles. The number of hydrogen-bond donors (Lipinski definition) is 2. The lowest BCUT2D eigenvalue weighted by Crippen LogP contribution is -2.03. The Bertz CT molecular complexity index is 1030. The molecule has 1 aromatic carbocycles. The van der Waals surface area contributed by atoms with Crippen LogP contribution in [0.5, 0.6) is 0 Å². The van der Waals surface area contributed by atoms with Crippen LogP contribution in [0.15, 0.2) is 30.6 Å². The Balaban J connectivity index is 1.74. The van der Waals surface area contributed by atoms with Gasteiger partial charge in [0.25, 0.3) is 5.91 Å². The zero-order chi connectivity index (χ0) is 16.3. The third kappa shape index (κ3) is 1.84. The van der Waals surface area contributed by atoms with E-state index in [4.69, 9.17) is 5.73 Å². The van der Waals surface area contributed by atoms with Crippen molar-refractivity contribution in [2.24, 2.45) is 0 Å². The number of hydrogen-bond acceptors (Lipinski definition) is 5. The van der Waals surface area contributed by atoms with E-state index in [0.29, 0.717) is 28.5 Å². The molecular formula is C17H14N6O. The third-order valence-corrected chi connectivity index (χ3v) is 4.43. The van der Waals surface area contributed by atoms with Crippen molar-refractivity contribution in [3.05, 3.63) is 41.9 Å². The number of rotatable bonds is 2. The van der Waals surface area contributed by atoms with Crippen LogP contribution in [-0.4, -0.2) is 25.7 Å². The Morgan fingerprint density at radius 1 is 1.25 bits per heavy atom. The fourth-order valence-electron chi connectivity index (χ4n) is 3.12. The van der Waals surface area contributed by atoms with Gasteiger partial charge in [-0.25, -0.2) is 14.6 Å². The van der Waals surface area contributed by atoms with E-state index >= 15 is 0 Å². The van der Waals surface area contributed by atoms with Crippen LogP contribution >= 0.6 is 0 Å². The van der Waals surface area contributed by atoms with E-state index in [1.807, 2.05) is 28.9 Å². The van der Waals surface area contributed by atoms with Crippen LogP contribution in [0.3, 0.4) is 0 Å². The molecule has 3 N–H and O–H groups in total. The second-order valence-electron chi connectivity index (χ2n) is 6.08. The zero-order valence-corrected chi connectivity index (χ0v) is 12.7. The monoisotopic (exact) mass is 318 g/mol. The predicted molar refractivity (Wildman–Crippen MR) is 90.9 cm³/mol. The molecule has 0 radical (unpaired) electrons. The Morgan fingerprint density at radius 3 is 2.92 bits per heavy atom. The first-order valence-corrected chi connectivity index (χ1v) is 7.83. The van der Waals surface area contributed by atoms with Crippen molar-refractivity contribution in [3.63, 3.8) is 0 Å². The topological polar surface area (TPSA) is 98.7 Å². The van der Waals surface area contributed by atoms with E-state index in [2.05, 4.69) is 20.4 Å². The maximum Gasteiger partial charge on any atom is 0.256 e. The number of nitrogens with zero attached hydrogens (tertiary/aromatic N) is 4. The summed E-state index contributed by atoms with van der Waals surface area (Å²) < 4.78 is 1.90. The zero-order valence-electron chi connectivity index (χ0n) is 12.7. The summed E-state index contributed by atoms with van der Waals surface area (Å²) in [4.78, 5) is 20.8. The van der Waals surface area contributed by atoms with Gasteiger partial charge >= 0.3 is 0 Å². The van der Waals surface area contributed by atoms with Gasteiger partial charge in [0.2, 0.25) is 0 Å². The Labute approximate surface area is 137 Å². The molecular weight excluding hydrogens is 304 g/mol. The molecule has 0 spiro atoms. The van der Waals surface area contributed by atoms with Crippen LogP contribution in [0, 0.1) is 0 Å². The van der Waals surface area contributed by atoms with E-state index in [9.17, 15) is 4.79 Å². The average Bonchev–Trinajstić information content (AvgIpc) is 3.28. The molecule has 1 amide bonds. The lowest BCUT2D eigenvalue weighted by atomic mass is 10.1. The Morgan fingerprint density at radius 2 is 2.08 bits per heavy atom. The molecule has 1 aliphatic heterocycles. The van der Waals surface area contributed by atoms with Crippen molar-refractivity contribution in [2.45, 2.75) is 18.9 Å². The minimum absolute atomic E-state index is 0.138. The summed E-state index contributed by atoms with van der Waals surface area (Å²) in [6.07, 6.45) is 5.40. The molecule has 5 rings (SSSR count). The van der Waals surface area contributed by atoms with Crippen molar-refractivity contribution < 1.29 is 4.79 Å². The summed E-state index contributed by atoms with van der Waals surface area (Å²) in [6.45, 7) is 0. The molecule has 1 aliphatic carbocycles. The van der Waals surface area contributed by atoms with Crippen LogP contribution in [0.25, 0.3) is 22.7 Å². The summed E-state index contributed by atoms with van der Waals surface area (Å²) in [7, 11) is 0. The van der Waals surface area contributed by atoms with Gasteiger partial charge in [0, 0.05) is 11.3 Å². The Hall–Kier alpha value is -3.22. The average molecular weight is 318 g/mol. The first-order chi connectivity index (χ1) is 11.7. The minimum atomic E-state index is -0.138. The van der Waals surface area contributed by atoms with Gasteiger partial charge in [-0.3, -0.25) is 4.79 Å². The van der Waals surface area contributed by atoms with E-state index in [-0.39, 0.29) is 5.91 Å². The molecule has 118 valence electrons. The van der Waals surface area contributed by atoms with Gasteiger partial charge in [0.1, 0.15) is 12.1 Å². The lowest BCUT2D eigenvalue weighted by molar-refractivity contribution is -0.110. The van der Waals surface area contributed by atoms with Crippen LogP contribution < -0.4 is 11.1 Å². The van der Waals surface area contributed by atoms with Crippen LogP contribution in [0.1, 0.15) is 30.1 Å². The summed E-state index contributed by atoms with van der Waals surface area (Å²) in [6, 6.07) is 7.96. The van der Waals surface area contributed by atoms with E-state index in [0.717, 1.165) is 29.7 Å². The van der Waals surface area contributed by atoms with Crippen molar-refractivity contribution in [1.82, 2.24) is 19.7 Å². The van der Waals surface area contributed by atoms with Gasteiger partial charge in [0.15, 0.2) is 5.65 Å². The molecule has 7 heteroatoms. The minimum Gasteiger partial charge on any atom is -0.383 e. The second-order valence-corrected chi connectivity index (χ2v) is 6.08. The smallest absolute Gasteiger partial charge is 0.256 e. The molecule has 24 heavy (non-hydrogen) atoms. The highest BCUT2D eigenvalue weighted by Crippen LogP contribution is 2.39. The fraction of sp³-hybridized carbons (Fsp3) is 0.176. The number of anilines is 2. The van der Waals surface area contributed by atoms with Crippen molar-refractivity contribution in [1.29, 1.82) is 0 Å². The van der Waals surface area contributed by atoms with E-state index in [1.54, 1.807) is 6.08 Å². The van der Waals surface area contributed by atoms with Crippen LogP contribution in [0.2, 0.25) is 0 Å². The number of carbonyl (C=O) groups is 1. The number of benzene rings is 1. The third-order valence-electron chi connectivity index (χ3n) is 4.43. The maximum atomic E-state index is 12.3. The first-order valence-electron chi connectivity index (χ1n) is 7.83. The number of carbonyl (C=O) groups excluding carboxylic acids is 1. The van der Waals surface area contributed by atoms with Gasteiger partial charge in [-0.1, -0.05) is 18.2 Å². The summed E-state index contributed by atoms with van der Waals surface area (Å²) in [5.41, 5.74) is 9.68. The van der Waals surface area contributed by atoms with Gasteiger partial charge in [-0.05, 0) is 25.0 Å². The van der Waals surface area contributed by atoms with E-state index < -0.39 is 0 Å². The normalized spacial score (nSPS) is 18.2. The van der Waals surface area contributed by atoms with Crippen LogP contribution in [-0.2, 0) is 4.79 Å². The highest BCUT2D eigenvalue weighted by Gasteiger charge is 2.30. The number of nitrogens with one attached hydrogen (secondary N) is 1. The standard InChI is InChI=1S/C17H14N6O/c18-15-14-13(22-23(9-5-6-9)16(14)20-8-19-15)7-11-10-3-1-2-4-12(10)21-17(11)24/h1-4,7-9H,5-6H2,(H,21,24)(H2,18,19,20)/b11-7-. The number of aromatic nitrogens is 4. The highest BCUT2D eigenvalue weighted by atomic mass is 16.2. The molecule has 0 saturated heterocycles. The molecule has 2 aliphatic rings. The van der Waals surface area contributed by atoms with Crippen molar-refractivity contribution in [3.8, 4) is 0 Å². The molecule has 0 atom stereocenters. The number of amides is 1. The quantitative estimate of drug-likeness (QED) is 0.706. The molecule has 3 heterocycles. The fourth-order valence-corrected chi connectivity index (χ4v) is 3.12. The number of fused-ring (bicyclic) bond motifs is 2. The van der Waals surface area contributed by atoms with Crippen LogP contribution in [0.4, 0.5) is 11.5 Å².